The number of methoxy groups -OCH3 is 1. The van der Waals surface area contributed by atoms with Gasteiger partial charge in [0.1, 0.15) is 11.3 Å². The molecule has 0 atom stereocenters. The zero-order chi connectivity index (χ0) is 18.8. The number of benzene rings is 2. The number of likely N-dealkylation sites (N-methyl/N-ethyl adjacent to an activating group) is 1. The van der Waals surface area contributed by atoms with Crippen LogP contribution in [0.1, 0.15) is 5.56 Å². The number of hydrogen-bond donors (Lipinski definition) is 2. The Bertz CT molecular complexity index is 933. The van der Waals surface area contributed by atoms with Gasteiger partial charge in [0.25, 0.3) is 0 Å². The molecule has 142 valence electrons. The van der Waals surface area contributed by atoms with E-state index in [1.807, 2.05) is 18.2 Å². The molecule has 6 nitrogen and oxygen atoms in total. The first-order valence-electron chi connectivity index (χ1n) is 9.12. The van der Waals surface area contributed by atoms with Gasteiger partial charge in [0.2, 0.25) is 5.95 Å². The summed E-state index contributed by atoms with van der Waals surface area (Å²) in [6.07, 6.45) is 0. The Morgan fingerprint density at radius 3 is 2.74 bits per heavy atom. The van der Waals surface area contributed by atoms with E-state index in [2.05, 4.69) is 50.3 Å². The summed E-state index contributed by atoms with van der Waals surface area (Å²) in [6.45, 7) is 4.83. The molecule has 27 heavy (non-hydrogen) atoms. The lowest BCUT2D eigenvalue weighted by atomic mass is 10.1. The van der Waals surface area contributed by atoms with Crippen molar-refractivity contribution in [2.45, 2.75) is 6.54 Å². The molecule has 0 saturated carbocycles. The average molecular weight is 386 g/mol. The first kappa shape index (κ1) is 17.9. The number of para-hydroxylation sites is 1. The Morgan fingerprint density at radius 1 is 1.19 bits per heavy atom. The molecule has 0 aliphatic carbocycles. The molecule has 3 aromatic rings. The molecule has 0 amide bonds. The van der Waals surface area contributed by atoms with Crippen molar-refractivity contribution in [2.75, 3.05) is 50.6 Å². The van der Waals surface area contributed by atoms with Crippen molar-refractivity contribution in [2.24, 2.45) is 0 Å². The predicted octanol–water partition coefficient (Wildman–Crippen LogP) is 3.59. The molecule has 1 aliphatic rings. The molecule has 7 heteroatoms. The third kappa shape index (κ3) is 3.82. The van der Waals surface area contributed by atoms with Crippen molar-refractivity contribution < 1.29 is 4.74 Å². The molecule has 2 aromatic carbocycles. The smallest absolute Gasteiger partial charge is 0.201 e. The lowest BCUT2D eigenvalue weighted by Gasteiger charge is -2.34. The van der Waals surface area contributed by atoms with Crippen molar-refractivity contribution in [3.8, 4) is 5.75 Å². The van der Waals surface area contributed by atoms with Gasteiger partial charge < -0.3 is 24.8 Å². The molecule has 2 N–H and O–H groups in total. The van der Waals surface area contributed by atoms with E-state index in [1.165, 1.54) is 5.69 Å². The van der Waals surface area contributed by atoms with E-state index >= 15 is 0 Å². The fraction of sp³-hybridized carbons (Fsp3) is 0.350. The van der Waals surface area contributed by atoms with E-state index in [0.717, 1.165) is 53.5 Å². The predicted molar refractivity (Wildman–Crippen MR) is 111 cm³/mol. The topological polar surface area (TPSA) is 56.4 Å². The number of nitrogens with zero attached hydrogens (tertiary/aromatic N) is 3. The van der Waals surface area contributed by atoms with Gasteiger partial charge in [-0.2, -0.15) is 0 Å². The Labute approximate surface area is 164 Å². The maximum Gasteiger partial charge on any atom is 0.201 e. The normalized spacial score (nSPS) is 15.3. The monoisotopic (exact) mass is 385 g/mol. The van der Waals surface area contributed by atoms with Gasteiger partial charge in [-0.1, -0.05) is 23.7 Å². The minimum atomic E-state index is 0.601. The highest BCUT2D eigenvalue weighted by Crippen LogP contribution is 2.27. The summed E-state index contributed by atoms with van der Waals surface area (Å²) in [5.41, 5.74) is 3.99. The number of aromatic nitrogens is 2. The molecule has 0 spiro atoms. The second-order valence-corrected chi connectivity index (χ2v) is 7.27. The van der Waals surface area contributed by atoms with Crippen molar-refractivity contribution in [1.29, 1.82) is 0 Å². The first-order chi connectivity index (χ1) is 13.1. The number of H-pyrrole nitrogens is 1. The highest BCUT2D eigenvalue weighted by atomic mass is 35.5. The number of rotatable bonds is 5. The molecule has 0 unspecified atom stereocenters. The van der Waals surface area contributed by atoms with E-state index in [0.29, 0.717) is 12.5 Å². The highest BCUT2D eigenvalue weighted by molar-refractivity contribution is 6.31. The summed E-state index contributed by atoms with van der Waals surface area (Å²) in [7, 11) is 3.81. The van der Waals surface area contributed by atoms with E-state index in [1.54, 1.807) is 7.11 Å². The Morgan fingerprint density at radius 2 is 2.00 bits per heavy atom. The van der Waals surface area contributed by atoms with Crippen LogP contribution in [0.4, 0.5) is 11.6 Å². The number of anilines is 2. The summed E-state index contributed by atoms with van der Waals surface area (Å²) in [5, 5.41) is 4.09. The standard InChI is InChI=1S/C20H24ClN5O/c1-25-8-10-26(11-9-25)15-7-6-14(16(21)12-15)13-22-20-23-17-4-3-5-18(27-2)19(17)24-20/h3-7,12H,8-11,13H2,1-2H3,(H2,22,23,24). The SMILES string of the molecule is COc1cccc2[nH]c(NCc3ccc(N4CCN(C)CC4)cc3Cl)nc12. The van der Waals surface area contributed by atoms with Crippen LogP contribution in [0.5, 0.6) is 5.75 Å². The molecule has 2 heterocycles. The number of imidazole rings is 1. The van der Waals surface area contributed by atoms with Crippen LogP contribution in [-0.4, -0.2) is 55.2 Å². The molecular formula is C20H24ClN5O. The van der Waals surface area contributed by atoms with Crippen LogP contribution >= 0.6 is 11.6 Å². The highest BCUT2D eigenvalue weighted by Gasteiger charge is 2.15. The third-order valence-corrected chi connectivity index (χ3v) is 5.40. The fourth-order valence-corrected chi connectivity index (χ4v) is 3.62. The summed E-state index contributed by atoms with van der Waals surface area (Å²) >= 11 is 6.54. The van der Waals surface area contributed by atoms with Crippen molar-refractivity contribution in [3.05, 3.63) is 47.0 Å². The number of ether oxygens (including phenoxy) is 1. The number of aromatic amines is 1. The number of nitrogens with one attached hydrogen (secondary N) is 2. The molecular weight excluding hydrogens is 362 g/mol. The zero-order valence-corrected chi connectivity index (χ0v) is 16.4. The zero-order valence-electron chi connectivity index (χ0n) is 15.6. The number of halogens is 1. The Kier molecular flexibility index (Phi) is 5.09. The van der Waals surface area contributed by atoms with Gasteiger partial charge in [0.15, 0.2) is 0 Å². The quantitative estimate of drug-likeness (QED) is 0.703. The lowest BCUT2D eigenvalue weighted by Crippen LogP contribution is -2.44. The molecule has 1 aliphatic heterocycles. The number of fused-ring (bicyclic) bond motifs is 1. The van der Waals surface area contributed by atoms with Crippen molar-refractivity contribution >= 4 is 34.3 Å². The van der Waals surface area contributed by atoms with Gasteiger partial charge in [0.05, 0.1) is 12.6 Å². The first-order valence-corrected chi connectivity index (χ1v) is 9.50. The summed E-state index contributed by atoms with van der Waals surface area (Å²) in [4.78, 5) is 12.6. The van der Waals surface area contributed by atoms with Crippen molar-refractivity contribution in [3.63, 3.8) is 0 Å². The molecule has 1 fully saturated rings. The van der Waals surface area contributed by atoms with Crippen LogP contribution < -0.4 is 15.0 Å². The van der Waals surface area contributed by atoms with Crippen LogP contribution in [-0.2, 0) is 6.54 Å². The fourth-order valence-electron chi connectivity index (χ4n) is 3.37. The van der Waals surface area contributed by atoms with Gasteiger partial charge in [-0.3, -0.25) is 0 Å². The van der Waals surface area contributed by atoms with E-state index < -0.39 is 0 Å². The molecule has 1 aromatic heterocycles. The number of hydrogen-bond acceptors (Lipinski definition) is 5. The van der Waals surface area contributed by atoms with E-state index in [4.69, 9.17) is 16.3 Å². The Balaban J connectivity index is 1.45. The molecule has 0 bridgehead atoms. The maximum absolute atomic E-state index is 6.54. The van der Waals surface area contributed by atoms with Crippen LogP contribution in [0.15, 0.2) is 36.4 Å². The van der Waals surface area contributed by atoms with Crippen LogP contribution in [0.2, 0.25) is 5.02 Å². The summed E-state index contributed by atoms with van der Waals surface area (Å²) in [5.74, 6) is 1.46. The minimum Gasteiger partial charge on any atom is -0.494 e. The molecule has 4 rings (SSSR count). The van der Waals surface area contributed by atoms with Gasteiger partial charge >= 0.3 is 0 Å². The van der Waals surface area contributed by atoms with Gasteiger partial charge in [-0.15, -0.1) is 0 Å². The summed E-state index contributed by atoms with van der Waals surface area (Å²) in [6, 6.07) is 12.1. The van der Waals surface area contributed by atoms with E-state index in [9.17, 15) is 0 Å². The van der Waals surface area contributed by atoms with Crippen LogP contribution in [0.25, 0.3) is 11.0 Å². The average Bonchev–Trinajstić information content (AvgIpc) is 3.10. The minimum absolute atomic E-state index is 0.601. The third-order valence-electron chi connectivity index (χ3n) is 5.05. The van der Waals surface area contributed by atoms with Crippen LogP contribution in [0.3, 0.4) is 0 Å². The molecule has 1 saturated heterocycles. The second-order valence-electron chi connectivity index (χ2n) is 6.86. The van der Waals surface area contributed by atoms with Crippen LogP contribution in [0, 0.1) is 0 Å². The van der Waals surface area contributed by atoms with E-state index in [-0.39, 0.29) is 0 Å². The van der Waals surface area contributed by atoms with Crippen molar-refractivity contribution in [1.82, 2.24) is 14.9 Å². The van der Waals surface area contributed by atoms with Gasteiger partial charge in [-0.25, -0.2) is 4.98 Å². The largest absolute Gasteiger partial charge is 0.494 e. The van der Waals surface area contributed by atoms with Gasteiger partial charge in [-0.05, 0) is 36.9 Å². The lowest BCUT2D eigenvalue weighted by molar-refractivity contribution is 0.313. The summed E-state index contributed by atoms with van der Waals surface area (Å²) < 4.78 is 5.36. The maximum atomic E-state index is 6.54. The second kappa shape index (κ2) is 7.66. The van der Waals surface area contributed by atoms with Gasteiger partial charge in [0, 0.05) is 43.4 Å². The molecule has 0 radical (unpaired) electrons. The number of piperazine rings is 1. The Hall–Kier alpha value is -2.44.